The molecule has 4 rings (SSSR count). The van der Waals surface area contributed by atoms with Gasteiger partial charge in [-0.05, 0) is 44.7 Å². The summed E-state index contributed by atoms with van der Waals surface area (Å²) in [6.45, 7) is 2.12. The zero-order chi connectivity index (χ0) is 22.9. The lowest BCUT2D eigenvalue weighted by atomic mass is 9.83. The highest BCUT2D eigenvalue weighted by Gasteiger charge is 2.32. The van der Waals surface area contributed by atoms with Crippen LogP contribution >= 0.6 is 0 Å². The summed E-state index contributed by atoms with van der Waals surface area (Å²) in [5.74, 6) is 0.794. The molecule has 0 radical (unpaired) electrons. The number of hydrogen-bond acceptors (Lipinski definition) is 7. The third-order valence-corrected chi connectivity index (χ3v) is 6.34. The minimum atomic E-state index is -0.283. The number of amides is 1. The second-order valence-corrected chi connectivity index (χ2v) is 8.29. The summed E-state index contributed by atoms with van der Waals surface area (Å²) >= 11 is 0. The van der Waals surface area contributed by atoms with Crippen LogP contribution in [0.4, 0.5) is 17.3 Å². The Labute approximate surface area is 186 Å². The van der Waals surface area contributed by atoms with E-state index in [1.54, 1.807) is 42.4 Å². The number of nitrogens with zero attached hydrogens (tertiary/aromatic N) is 4. The van der Waals surface area contributed by atoms with Gasteiger partial charge in [0.2, 0.25) is 0 Å². The number of carbonyl (C=O) groups is 1. The van der Waals surface area contributed by atoms with Gasteiger partial charge >= 0.3 is 0 Å². The van der Waals surface area contributed by atoms with Crippen LogP contribution in [-0.2, 0) is 4.74 Å². The molecule has 1 aliphatic carbocycles. The molecule has 1 aliphatic rings. The van der Waals surface area contributed by atoms with Gasteiger partial charge in [-0.1, -0.05) is 0 Å². The first-order valence-electron chi connectivity index (χ1n) is 10.7. The van der Waals surface area contributed by atoms with E-state index in [0.717, 1.165) is 25.7 Å². The number of fused-ring (bicyclic) bond motifs is 1. The summed E-state index contributed by atoms with van der Waals surface area (Å²) in [4.78, 5) is 30.0. The van der Waals surface area contributed by atoms with Crippen LogP contribution < -0.4 is 21.5 Å². The molecule has 3 N–H and O–H groups in total. The van der Waals surface area contributed by atoms with Crippen LogP contribution in [0.15, 0.2) is 35.4 Å². The third kappa shape index (κ3) is 3.93. The lowest BCUT2D eigenvalue weighted by Gasteiger charge is -2.36. The quantitative estimate of drug-likeness (QED) is 0.541. The van der Waals surface area contributed by atoms with Crippen molar-refractivity contribution in [3.8, 4) is 0 Å². The largest absolute Gasteiger partial charge is 0.379 e. The molecule has 3 heterocycles. The van der Waals surface area contributed by atoms with Crippen molar-refractivity contribution in [1.29, 1.82) is 0 Å². The number of aromatic nitrogens is 4. The lowest BCUT2D eigenvalue weighted by Crippen LogP contribution is -2.36. The van der Waals surface area contributed by atoms with Gasteiger partial charge in [0.15, 0.2) is 5.65 Å². The number of methoxy groups -OCH3 is 1. The molecule has 1 amide bonds. The number of rotatable bonds is 6. The maximum Gasteiger partial charge on any atom is 0.274 e. The Morgan fingerprint density at radius 2 is 2.03 bits per heavy atom. The Morgan fingerprint density at radius 3 is 2.69 bits per heavy atom. The average Bonchev–Trinajstić information content (AvgIpc) is 3.24. The molecule has 0 bridgehead atoms. The summed E-state index contributed by atoms with van der Waals surface area (Å²) in [5, 5.41) is 13.0. The van der Waals surface area contributed by atoms with Crippen LogP contribution in [0.25, 0.3) is 5.65 Å². The first-order chi connectivity index (χ1) is 15.4. The molecule has 0 spiro atoms. The molecule has 3 aromatic rings. The van der Waals surface area contributed by atoms with Crippen molar-refractivity contribution in [2.24, 2.45) is 0 Å². The summed E-state index contributed by atoms with van der Waals surface area (Å²) in [5.41, 5.74) is 0.938. The van der Waals surface area contributed by atoms with Crippen LogP contribution in [0.2, 0.25) is 0 Å². The highest BCUT2D eigenvalue weighted by atomic mass is 16.5. The van der Waals surface area contributed by atoms with Gasteiger partial charge in [-0.25, -0.2) is 4.98 Å². The van der Waals surface area contributed by atoms with Crippen molar-refractivity contribution in [2.75, 3.05) is 31.8 Å². The third-order valence-electron chi connectivity index (χ3n) is 6.34. The van der Waals surface area contributed by atoms with Crippen molar-refractivity contribution in [3.63, 3.8) is 0 Å². The summed E-state index contributed by atoms with van der Waals surface area (Å²) in [6, 6.07) is 5.47. The molecule has 0 aliphatic heterocycles. The fourth-order valence-electron chi connectivity index (χ4n) is 4.23. The molecule has 0 aromatic carbocycles. The van der Waals surface area contributed by atoms with E-state index in [2.05, 4.69) is 33.0 Å². The average molecular weight is 440 g/mol. The fourth-order valence-corrected chi connectivity index (χ4v) is 4.23. The van der Waals surface area contributed by atoms with E-state index in [1.165, 1.54) is 6.20 Å². The Morgan fingerprint density at radius 1 is 1.28 bits per heavy atom. The molecule has 1 fully saturated rings. The first kappa shape index (κ1) is 21.8. The Balaban J connectivity index is 1.66. The minimum absolute atomic E-state index is 0.105. The van der Waals surface area contributed by atoms with Crippen LogP contribution in [0.3, 0.4) is 0 Å². The van der Waals surface area contributed by atoms with Gasteiger partial charge in [0.05, 0.1) is 11.8 Å². The van der Waals surface area contributed by atoms with Gasteiger partial charge < -0.3 is 25.3 Å². The Hall–Kier alpha value is -3.40. The highest BCUT2D eigenvalue weighted by Crippen LogP contribution is 2.36. The predicted octanol–water partition coefficient (Wildman–Crippen LogP) is 2.56. The number of pyridine rings is 1. The van der Waals surface area contributed by atoms with Crippen molar-refractivity contribution >= 4 is 28.9 Å². The predicted molar refractivity (Wildman–Crippen MR) is 123 cm³/mol. The van der Waals surface area contributed by atoms with Gasteiger partial charge in [-0.2, -0.15) is 9.61 Å². The molecule has 0 atom stereocenters. The van der Waals surface area contributed by atoms with Crippen LogP contribution in [-0.4, -0.2) is 51.9 Å². The molecule has 0 saturated heterocycles. The summed E-state index contributed by atoms with van der Waals surface area (Å²) in [6.07, 6.45) is 6.89. The van der Waals surface area contributed by atoms with Gasteiger partial charge in [0.25, 0.3) is 11.5 Å². The minimum Gasteiger partial charge on any atom is -0.379 e. The molecule has 10 heteroatoms. The zero-order valence-electron chi connectivity index (χ0n) is 18.8. The fraction of sp³-hybridized carbons (Fsp3) is 0.455. The number of anilines is 3. The van der Waals surface area contributed by atoms with E-state index < -0.39 is 0 Å². The van der Waals surface area contributed by atoms with Crippen LogP contribution in [0.1, 0.15) is 49.0 Å². The Bertz CT molecular complexity index is 1190. The number of carbonyl (C=O) groups excluding carboxylic acids is 1. The van der Waals surface area contributed by atoms with E-state index >= 15 is 0 Å². The van der Waals surface area contributed by atoms with Gasteiger partial charge in [-0.15, -0.1) is 0 Å². The van der Waals surface area contributed by atoms with Gasteiger partial charge in [-0.3, -0.25) is 9.59 Å². The highest BCUT2D eigenvalue weighted by molar-refractivity contribution is 5.99. The molecule has 10 nitrogen and oxygen atoms in total. The molecule has 32 heavy (non-hydrogen) atoms. The molecular weight excluding hydrogens is 410 g/mol. The van der Waals surface area contributed by atoms with Gasteiger partial charge in [0.1, 0.15) is 22.9 Å². The first-order valence-corrected chi connectivity index (χ1v) is 10.7. The van der Waals surface area contributed by atoms with Gasteiger partial charge in [0, 0.05) is 39.5 Å². The van der Waals surface area contributed by atoms with Crippen LogP contribution in [0.5, 0.6) is 0 Å². The maximum atomic E-state index is 13.2. The number of nitrogens with one attached hydrogen (secondary N) is 3. The molecule has 170 valence electrons. The molecular formula is C22H29N7O3. The Kier molecular flexibility index (Phi) is 5.88. The smallest absolute Gasteiger partial charge is 0.274 e. The van der Waals surface area contributed by atoms with E-state index in [-0.39, 0.29) is 23.1 Å². The van der Waals surface area contributed by atoms with Crippen molar-refractivity contribution in [2.45, 2.75) is 44.2 Å². The van der Waals surface area contributed by atoms with Crippen molar-refractivity contribution in [1.82, 2.24) is 24.5 Å². The topological polar surface area (TPSA) is 115 Å². The molecule has 0 unspecified atom stereocenters. The normalized spacial score (nSPS) is 20.8. The van der Waals surface area contributed by atoms with E-state index in [1.807, 2.05) is 12.3 Å². The monoisotopic (exact) mass is 439 g/mol. The lowest BCUT2D eigenvalue weighted by molar-refractivity contribution is -0.0324. The summed E-state index contributed by atoms with van der Waals surface area (Å²) < 4.78 is 8.98. The molecule has 3 aromatic heterocycles. The molecule has 1 saturated carbocycles. The number of hydrogen-bond donors (Lipinski definition) is 3. The van der Waals surface area contributed by atoms with Crippen LogP contribution in [0, 0.1) is 0 Å². The van der Waals surface area contributed by atoms with E-state index in [0.29, 0.717) is 28.5 Å². The summed E-state index contributed by atoms with van der Waals surface area (Å²) in [7, 11) is 5.06. The number of ether oxygens (including phenoxy) is 1. The maximum absolute atomic E-state index is 13.2. The van der Waals surface area contributed by atoms with Crippen molar-refractivity contribution < 1.29 is 9.53 Å². The second kappa shape index (κ2) is 8.62. The standard InChI is InChI=1S/C22H29N7O3/c1-22(32-4)9-7-14(8-10-22)28-11-5-6-16(21(28)31)26-17-12-18(23-2)29-19(27-17)15(13-25-29)20(30)24-3/h5-6,11-14,23H,7-10H2,1-4H3,(H,24,30)(H,26,27)/t14-,22-. The SMILES string of the molecule is CNC(=O)c1cnn2c(NC)cc(Nc3cccn([C@H]4CC[C@](C)(OC)CC4)c3=O)nc12. The van der Waals surface area contributed by atoms with E-state index in [4.69, 9.17) is 4.74 Å². The second-order valence-electron chi connectivity index (χ2n) is 8.29. The van der Waals surface area contributed by atoms with Crippen molar-refractivity contribution in [3.05, 3.63) is 46.5 Å². The zero-order valence-corrected chi connectivity index (χ0v) is 18.8. The van der Waals surface area contributed by atoms with E-state index in [9.17, 15) is 9.59 Å².